The van der Waals surface area contributed by atoms with Crippen molar-refractivity contribution >= 4 is 103 Å². The lowest BCUT2D eigenvalue weighted by Crippen LogP contribution is -2.32. The quantitative estimate of drug-likeness (QED) is 0.0297. The van der Waals surface area contributed by atoms with E-state index in [0.29, 0.717) is 15.1 Å². The Kier molecular flexibility index (Phi) is 19.6. The minimum atomic E-state index is 0.690. The van der Waals surface area contributed by atoms with Crippen molar-refractivity contribution in [3.05, 3.63) is 153 Å². The van der Waals surface area contributed by atoms with Crippen LogP contribution in [0.15, 0.2) is 143 Å². The van der Waals surface area contributed by atoms with Crippen LogP contribution in [0.1, 0.15) is 44.9 Å². The summed E-state index contributed by atoms with van der Waals surface area (Å²) in [7, 11) is 0. The number of aromatic nitrogens is 3. The summed E-state index contributed by atoms with van der Waals surface area (Å²) >= 11 is 25.0. The highest BCUT2D eigenvalue weighted by atomic mass is 35.5. The molecule has 6 aromatic rings. The van der Waals surface area contributed by atoms with Crippen molar-refractivity contribution < 1.29 is 0 Å². The second-order valence-electron chi connectivity index (χ2n) is 16.6. The maximum Gasteiger partial charge on any atom is 0.0737 e. The van der Waals surface area contributed by atoms with Crippen molar-refractivity contribution in [3.63, 3.8) is 0 Å². The lowest BCUT2D eigenvalue weighted by Gasteiger charge is -2.25. The van der Waals surface area contributed by atoms with E-state index in [1.54, 1.807) is 6.20 Å². The molecule has 3 aromatic carbocycles. The molecule has 0 unspecified atom stereocenters. The Labute approximate surface area is 415 Å². The topological polar surface area (TPSA) is 106 Å². The van der Waals surface area contributed by atoms with E-state index in [1.165, 1.54) is 5.57 Å². The van der Waals surface area contributed by atoms with Gasteiger partial charge in [0, 0.05) is 110 Å². The highest BCUT2D eigenvalue weighted by molar-refractivity contribution is 6.32. The van der Waals surface area contributed by atoms with Gasteiger partial charge in [-0.2, -0.15) is 0 Å². The van der Waals surface area contributed by atoms with Gasteiger partial charge in [0.25, 0.3) is 0 Å². The van der Waals surface area contributed by atoms with Gasteiger partial charge in [0.1, 0.15) is 0 Å². The smallest absolute Gasteiger partial charge is 0.0737 e. The molecule has 3 aromatic heterocycles. The van der Waals surface area contributed by atoms with Crippen LogP contribution in [0.2, 0.25) is 15.1 Å². The summed E-state index contributed by atoms with van der Waals surface area (Å²) in [6.45, 7) is 13.1. The van der Waals surface area contributed by atoms with Crippen LogP contribution < -0.4 is 21.3 Å². The van der Waals surface area contributed by atoms with Gasteiger partial charge in [0.2, 0.25) is 0 Å². The summed E-state index contributed by atoms with van der Waals surface area (Å²) in [5.74, 6) is 0. The molecule has 0 saturated heterocycles. The van der Waals surface area contributed by atoms with Crippen molar-refractivity contribution in [1.82, 2.24) is 30.1 Å². The first-order valence-electron chi connectivity index (χ1n) is 23.3. The fourth-order valence-corrected chi connectivity index (χ4v) is 9.04. The molecule has 0 atom stereocenters. The van der Waals surface area contributed by atoms with Gasteiger partial charge in [-0.05, 0) is 181 Å². The van der Waals surface area contributed by atoms with E-state index in [2.05, 4.69) is 63.8 Å². The molecule has 0 fully saturated rings. The third kappa shape index (κ3) is 15.4. The number of nitrogens with one attached hydrogen (secondary N) is 4. The van der Waals surface area contributed by atoms with E-state index in [0.717, 1.165) is 171 Å². The molecule has 10 nitrogen and oxygen atoms in total. The molecule has 3 heterocycles. The molecule has 1 aliphatic carbocycles. The van der Waals surface area contributed by atoms with E-state index in [9.17, 15) is 0 Å². The Morgan fingerprint density at radius 3 is 1.37 bits per heavy atom. The number of aliphatic imine (C=N–C) groups is 1. The average Bonchev–Trinajstić information content (AvgIpc) is 3.33. The molecular weight excluding hydrogens is 918 g/mol. The second-order valence-corrected chi connectivity index (χ2v) is 18.4. The Hall–Kier alpha value is -5.20. The van der Waals surface area contributed by atoms with Crippen LogP contribution in [0.4, 0.5) is 17.1 Å². The number of anilines is 3. The van der Waals surface area contributed by atoms with Gasteiger partial charge >= 0.3 is 0 Å². The summed E-state index contributed by atoms with van der Waals surface area (Å²) < 4.78 is 0. The number of pyridine rings is 3. The van der Waals surface area contributed by atoms with Gasteiger partial charge in [-0.1, -0.05) is 58.6 Å². The number of unbranched alkanes of at least 4 members (excludes halogenated alkanes) is 1. The molecule has 67 heavy (non-hydrogen) atoms. The van der Waals surface area contributed by atoms with Gasteiger partial charge < -0.3 is 31.1 Å². The fourth-order valence-electron chi connectivity index (χ4n) is 8.40. The molecule has 7 rings (SSSR count). The standard InChI is InChI=1S/C53H60Cl4N10/c1-58-26-18-47(39-8-10-40(54)11-9-39)59-22-4-32-66(33-5-23-60-48-19-27-63-51-36-41(55)12-15-44(48)51)30-2-3-31-67(34-6-24-61-49-20-28-64-52-37-42(56)13-16-45(49)52)35-7-25-62-50-21-29-65-53-38-43(57)14-17-46(50)53/h8,10-21,26-29,36-38,59H,1-7,9,22-25,30-35H2,(H,60,63)(H,61,64)(H,62,65)/b26-18-,47-39+. The number of halogens is 4. The lowest BCUT2D eigenvalue weighted by atomic mass is 10.0. The molecule has 0 amide bonds. The van der Waals surface area contributed by atoms with Gasteiger partial charge in [-0.15, -0.1) is 0 Å². The maximum atomic E-state index is 6.27. The highest BCUT2D eigenvalue weighted by Crippen LogP contribution is 2.27. The Morgan fingerprint density at radius 1 is 0.552 bits per heavy atom. The zero-order valence-corrected chi connectivity index (χ0v) is 41.0. The maximum absolute atomic E-state index is 6.27. The van der Waals surface area contributed by atoms with E-state index in [1.807, 2.05) is 110 Å². The summed E-state index contributed by atoms with van der Waals surface area (Å²) in [6, 6.07) is 23.8. The van der Waals surface area contributed by atoms with Crippen LogP contribution in [0, 0.1) is 0 Å². The zero-order valence-electron chi connectivity index (χ0n) is 38.0. The summed E-state index contributed by atoms with van der Waals surface area (Å²) in [4.78, 5) is 22.8. The number of hydrogen-bond donors (Lipinski definition) is 4. The first kappa shape index (κ1) is 49.7. The Morgan fingerprint density at radius 2 is 0.970 bits per heavy atom. The normalized spacial score (nSPS) is 13.6. The monoisotopic (exact) mass is 976 g/mol. The predicted octanol–water partition coefficient (Wildman–Crippen LogP) is 13.0. The molecule has 0 radical (unpaired) electrons. The third-order valence-corrected chi connectivity index (χ3v) is 12.8. The van der Waals surface area contributed by atoms with E-state index in [4.69, 9.17) is 46.4 Å². The lowest BCUT2D eigenvalue weighted by molar-refractivity contribution is 0.238. The number of fused-ring (bicyclic) bond motifs is 3. The first-order valence-corrected chi connectivity index (χ1v) is 24.8. The minimum absolute atomic E-state index is 0.690. The van der Waals surface area contributed by atoms with Crippen LogP contribution in [-0.2, 0) is 0 Å². The fraction of sp³-hybridized carbons (Fsp3) is 0.321. The molecule has 350 valence electrons. The Balaban J connectivity index is 0.944. The van der Waals surface area contributed by atoms with E-state index < -0.39 is 0 Å². The number of allylic oxidation sites excluding steroid dienone is 6. The van der Waals surface area contributed by atoms with Gasteiger partial charge in [-0.25, -0.2) is 0 Å². The van der Waals surface area contributed by atoms with Crippen LogP contribution >= 0.6 is 46.4 Å². The molecule has 0 aliphatic heterocycles. The van der Waals surface area contributed by atoms with Crippen molar-refractivity contribution in [2.24, 2.45) is 4.99 Å². The van der Waals surface area contributed by atoms with Gasteiger partial charge in [0.05, 0.1) is 16.6 Å². The van der Waals surface area contributed by atoms with Crippen molar-refractivity contribution in [2.45, 2.75) is 44.9 Å². The molecule has 0 saturated carbocycles. The SMILES string of the molecule is C=N/C=C\C(NCCCN(CCCCN(CCCNc1ccnc2cc(Cl)ccc12)CCCNc1ccnc2cc(Cl)ccc12)CCCNc1ccnc2cc(Cl)ccc12)=C1\C=CC(Cl)=CC1. The van der Waals surface area contributed by atoms with Crippen LogP contribution in [0.5, 0.6) is 0 Å². The summed E-state index contributed by atoms with van der Waals surface area (Å²) in [5, 5.41) is 20.8. The summed E-state index contributed by atoms with van der Waals surface area (Å²) in [6.07, 6.45) is 22.3. The van der Waals surface area contributed by atoms with Crippen LogP contribution in [0.25, 0.3) is 32.7 Å². The van der Waals surface area contributed by atoms with Crippen molar-refractivity contribution in [2.75, 3.05) is 81.4 Å². The number of nitrogens with zero attached hydrogens (tertiary/aromatic N) is 6. The zero-order chi connectivity index (χ0) is 46.6. The Bertz CT molecular complexity index is 2610. The molecule has 14 heteroatoms. The van der Waals surface area contributed by atoms with Crippen molar-refractivity contribution in [3.8, 4) is 0 Å². The summed E-state index contributed by atoms with van der Waals surface area (Å²) in [5.41, 5.74) is 8.16. The number of hydrogen-bond acceptors (Lipinski definition) is 10. The van der Waals surface area contributed by atoms with Crippen molar-refractivity contribution in [1.29, 1.82) is 0 Å². The predicted molar refractivity (Wildman–Crippen MR) is 288 cm³/mol. The van der Waals surface area contributed by atoms with Gasteiger partial charge in [-0.3, -0.25) is 19.9 Å². The number of benzene rings is 3. The molecular formula is C53H60Cl4N10. The third-order valence-electron chi connectivity index (χ3n) is 11.8. The first-order chi connectivity index (χ1) is 32.8. The van der Waals surface area contributed by atoms with Gasteiger partial charge in [0.15, 0.2) is 0 Å². The largest absolute Gasteiger partial charge is 0.385 e. The second kappa shape index (κ2) is 26.4. The van der Waals surface area contributed by atoms with E-state index >= 15 is 0 Å². The average molecular weight is 979 g/mol. The molecule has 0 bridgehead atoms. The molecule has 4 N–H and O–H groups in total. The minimum Gasteiger partial charge on any atom is -0.385 e. The van der Waals surface area contributed by atoms with Crippen LogP contribution in [0.3, 0.4) is 0 Å². The number of rotatable bonds is 27. The van der Waals surface area contributed by atoms with E-state index in [-0.39, 0.29) is 0 Å². The van der Waals surface area contributed by atoms with Crippen LogP contribution in [-0.4, -0.2) is 96.9 Å². The highest BCUT2D eigenvalue weighted by Gasteiger charge is 2.12. The molecule has 0 spiro atoms. The molecule has 1 aliphatic rings.